The summed E-state index contributed by atoms with van der Waals surface area (Å²) in [6.07, 6.45) is 6.16. The van der Waals surface area contributed by atoms with E-state index in [9.17, 15) is 4.79 Å². The molecule has 0 unspecified atom stereocenters. The zero-order valence-corrected chi connectivity index (χ0v) is 14.1. The van der Waals surface area contributed by atoms with Crippen LogP contribution >= 0.6 is 0 Å². The molecule has 7 nitrogen and oxygen atoms in total. The summed E-state index contributed by atoms with van der Waals surface area (Å²) in [4.78, 5) is 27.5. The van der Waals surface area contributed by atoms with Crippen LogP contribution in [0.15, 0.2) is 30.7 Å². The average molecular weight is 340 g/mol. The number of rotatable bonds is 3. The topological polar surface area (TPSA) is 77.4 Å². The van der Waals surface area contributed by atoms with E-state index in [2.05, 4.69) is 9.97 Å². The molecule has 4 rings (SSSR count). The third kappa shape index (κ3) is 2.89. The van der Waals surface area contributed by atoms with Gasteiger partial charge in [0.2, 0.25) is 5.91 Å². The van der Waals surface area contributed by atoms with Crippen molar-refractivity contribution in [2.75, 3.05) is 33.4 Å². The Labute approximate surface area is 146 Å². The SMILES string of the molecule is COCC(=O)N1CC[C@@]2(COCc3cnc(-c4cccnc4)nc32)C1. The Kier molecular flexibility index (Phi) is 4.19. The number of likely N-dealkylation sites (tertiary alicyclic amines) is 1. The molecule has 0 aliphatic carbocycles. The molecule has 2 aromatic rings. The molecule has 2 aromatic heterocycles. The second kappa shape index (κ2) is 6.50. The first kappa shape index (κ1) is 16.1. The van der Waals surface area contributed by atoms with E-state index >= 15 is 0 Å². The normalized spacial score (nSPS) is 22.2. The van der Waals surface area contributed by atoms with Crippen LogP contribution in [0.25, 0.3) is 11.4 Å². The molecule has 0 N–H and O–H groups in total. The Morgan fingerprint density at radius 2 is 2.36 bits per heavy atom. The first-order valence-corrected chi connectivity index (χ1v) is 8.33. The fraction of sp³-hybridized carbons (Fsp3) is 0.444. The van der Waals surface area contributed by atoms with Crippen LogP contribution in [0.1, 0.15) is 17.7 Å². The van der Waals surface area contributed by atoms with Crippen LogP contribution in [0.5, 0.6) is 0 Å². The molecule has 130 valence electrons. The molecule has 0 radical (unpaired) electrons. The number of aromatic nitrogens is 3. The van der Waals surface area contributed by atoms with Crippen molar-refractivity contribution in [1.82, 2.24) is 19.9 Å². The van der Waals surface area contributed by atoms with Gasteiger partial charge in [0.05, 0.1) is 24.3 Å². The Morgan fingerprint density at radius 1 is 1.44 bits per heavy atom. The maximum Gasteiger partial charge on any atom is 0.248 e. The van der Waals surface area contributed by atoms with Gasteiger partial charge in [-0.15, -0.1) is 0 Å². The van der Waals surface area contributed by atoms with Crippen LogP contribution in [-0.2, 0) is 26.3 Å². The first-order chi connectivity index (χ1) is 12.2. The van der Waals surface area contributed by atoms with E-state index in [4.69, 9.17) is 14.5 Å². The van der Waals surface area contributed by atoms with Gasteiger partial charge < -0.3 is 14.4 Å². The van der Waals surface area contributed by atoms with Gasteiger partial charge in [0.1, 0.15) is 6.61 Å². The van der Waals surface area contributed by atoms with Crippen molar-refractivity contribution in [2.45, 2.75) is 18.4 Å². The number of nitrogens with zero attached hydrogens (tertiary/aromatic N) is 4. The second-order valence-electron chi connectivity index (χ2n) is 6.58. The maximum atomic E-state index is 12.2. The van der Waals surface area contributed by atoms with Gasteiger partial charge in [-0.3, -0.25) is 9.78 Å². The van der Waals surface area contributed by atoms with Gasteiger partial charge >= 0.3 is 0 Å². The molecule has 1 atom stereocenters. The Balaban J connectivity index is 1.69. The van der Waals surface area contributed by atoms with E-state index in [0.29, 0.717) is 32.1 Å². The van der Waals surface area contributed by atoms with Gasteiger partial charge in [0.15, 0.2) is 5.82 Å². The number of hydrogen-bond acceptors (Lipinski definition) is 6. The molecule has 7 heteroatoms. The summed E-state index contributed by atoms with van der Waals surface area (Å²) < 4.78 is 10.8. The summed E-state index contributed by atoms with van der Waals surface area (Å²) in [6.45, 7) is 2.48. The highest BCUT2D eigenvalue weighted by Crippen LogP contribution is 2.39. The van der Waals surface area contributed by atoms with Crippen LogP contribution in [0, 0.1) is 0 Å². The van der Waals surface area contributed by atoms with E-state index in [1.54, 1.807) is 12.4 Å². The van der Waals surface area contributed by atoms with Crippen LogP contribution < -0.4 is 0 Å². The summed E-state index contributed by atoms with van der Waals surface area (Å²) in [5, 5.41) is 0. The van der Waals surface area contributed by atoms with Gasteiger partial charge in [-0.2, -0.15) is 0 Å². The van der Waals surface area contributed by atoms with Crippen molar-refractivity contribution in [1.29, 1.82) is 0 Å². The van der Waals surface area contributed by atoms with E-state index in [1.807, 2.05) is 23.2 Å². The number of amides is 1. The first-order valence-electron chi connectivity index (χ1n) is 8.33. The Bertz CT molecular complexity index is 783. The summed E-state index contributed by atoms with van der Waals surface area (Å²) >= 11 is 0. The smallest absolute Gasteiger partial charge is 0.248 e. The zero-order valence-electron chi connectivity index (χ0n) is 14.1. The minimum Gasteiger partial charge on any atom is -0.376 e. The fourth-order valence-electron chi connectivity index (χ4n) is 3.64. The molecular weight excluding hydrogens is 320 g/mol. The summed E-state index contributed by atoms with van der Waals surface area (Å²) in [5.74, 6) is 0.669. The van der Waals surface area contributed by atoms with Crippen LogP contribution in [-0.4, -0.2) is 59.2 Å². The van der Waals surface area contributed by atoms with Crippen molar-refractivity contribution >= 4 is 5.91 Å². The Morgan fingerprint density at radius 3 is 3.16 bits per heavy atom. The van der Waals surface area contributed by atoms with Crippen molar-refractivity contribution < 1.29 is 14.3 Å². The van der Waals surface area contributed by atoms with E-state index in [-0.39, 0.29) is 17.9 Å². The maximum absolute atomic E-state index is 12.2. The summed E-state index contributed by atoms with van der Waals surface area (Å²) in [7, 11) is 1.54. The summed E-state index contributed by atoms with van der Waals surface area (Å²) in [6, 6.07) is 3.82. The van der Waals surface area contributed by atoms with Gasteiger partial charge in [-0.1, -0.05) is 0 Å². The van der Waals surface area contributed by atoms with Gasteiger partial charge in [-0.05, 0) is 18.6 Å². The highest BCUT2D eigenvalue weighted by atomic mass is 16.5. The lowest BCUT2D eigenvalue weighted by Gasteiger charge is -2.34. The third-order valence-corrected chi connectivity index (χ3v) is 4.90. The lowest BCUT2D eigenvalue weighted by molar-refractivity contribution is -0.134. The number of fused-ring (bicyclic) bond motifs is 2. The number of methoxy groups -OCH3 is 1. The van der Waals surface area contributed by atoms with E-state index in [1.165, 1.54) is 7.11 Å². The predicted molar refractivity (Wildman–Crippen MR) is 89.7 cm³/mol. The van der Waals surface area contributed by atoms with E-state index < -0.39 is 0 Å². The Hall–Kier alpha value is -2.38. The molecule has 1 saturated heterocycles. The van der Waals surface area contributed by atoms with Crippen LogP contribution in [0.3, 0.4) is 0 Å². The molecule has 4 heterocycles. The second-order valence-corrected chi connectivity index (χ2v) is 6.58. The van der Waals surface area contributed by atoms with Gasteiger partial charge in [0, 0.05) is 49.9 Å². The largest absolute Gasteiger partial charge is 0.376 e. The van der Waals surface area contributed by atoms with Crippen LogP contribution in [0.2, 0.25) is 0 Å². The van der Waals surface area contributed by atoms with Crippen molar-refractivity contribution in [3.8, 4) is 11.4 Å². The third-order valence-electron chi connectivity index (χ3n) is 4.90. The molecule has 25 heavy (non-hydrogen) atoms. The number of carbonyl (C=O) groups is 1. The quantitative estimate of drug-likeness (QED) is 0.835. The zero-order chi connectivity index (χ0) is 17.3. The molecule has 1 fully saturated rings. The molecule has 1 spiro atoms. The fourth-order valence-corrected chi connectivity index (χ4v) is 3.64. The lowest BCUT2D eigenvalue weighted by atomic mass is 9.80. The van der Waals surface area contributed by atoms with Crippen molar-refractivity contribution in [3.05, 3.63) is 42.0 Å². The molecule has 0 aromatic carbocycles. The number of pyridine rings is 1. The predicted octanol–water partition coefficient (Wildman–Crippen LogP) is 1.19. The van der Waals surface area contributed by atoms with Crippen molar-refractivity contribution in [3.63, 3.8) is 0 Å². The molecule has 1 amide bonds. The number of hydrogen-bond donors (Lipinski definition) is 0. The molecule has 0 bridgehead atoms. The minimum atomic E-state index is -0.267. The lowest BCUT2D eigenvalue weighted by Crippen LogP contribution is -2.42. The van der Waals surface area contributed by atoms with Gasteiger partial charge in [0.25, 0.3) is 0 Å². The highest BCUT2D eigenvalue weighted by molar-refractivity contribution is 5.78. The van der Waals surface area contributed by atoms with Crippen LogP contribution in [0.4, 0.5) is 0 Å². The standard InChI is InChI=1S/C18H20N4O3/c1-24-10-15(23)22-6-4-18(11-22)12-25-9-14-8-20-17(21-16(14)18)13-3-2-5-19-7-13/h2-3,5,7-8H,4,6,9-12H2,1H3/t18-/m0/s1. The highest BCUT2D eigenvalue weighted by Gasteiger charge is 2.46. The number of ether oxygens (including phenoxy) is 2. The van der Waals surface area contributed by atoms with E-state index in [0.717, 1.165) is 23.2 Å². The van der Waals surface area contributed by atoms with Crippen molar-refractivity contribution in [2.24, 2.45) is 0 Å². The number of carbonyl (C=O) groups excluding carboxylic acids is 1. The monoisotopic (exact) mass is 340 g/mol. The average Bonchev–Trinajstić information content (AvgIpc) is 3.08. The summed E-state index contributed by atoms with van der Waals surface area (Å²) in [5.41, 5.74) is 2.62. The van der Waals surface area contributed by atoms with Gasteiger partial charge in [-0.25, -0.2) is 9.97 Å². The molecule has 2 aliphatic heterocycles. The minimum absolute atomic E-state index is 0.00744. The molecule has 2 aliphatic rings. The molecule has 0 saturated carbocycles. The molecular formula is C18H20N4O3.